The van der Waals surface area contributed by atoms with Crippen LogP contribution in [0.4, 0.5) is 4.79 Å². The molecule has 144 valence electrons. The first-order valence-corrected chi connectivity index (χ1v) is 9.56. The molecule has 2 fully saturated rings. The number of methoxy groups -OCH3 is 1. The van der Waals surface area contributed by atoms with E-state index in [0.717, 1.165) is 45.1 Å². The van der Waals surface area contributed by atoms with Gasteiger partial charge in [-0.2, -0.15) is 0 Å². The summed E-state index contributed by atoms with van der Waals surface area (Å²) in [5.41, 5.74) is -0.480. The summed E-state index contributed by atoms with van der Waals surface area (Å²) in [6.07, 6.45) is 6.20. The van der Waals surface area contributed by atoms with Gasteiger partial charge in [-0.3, -0.25) is 4.79 Å². The van der Waals surface area contributed by atoms with Crippen LogP contribution in [0.1, 0.15) is 66.2 Å². The van der Waals surface area contributed by atoms with Crippen LogP contribution in [0.25, 0.3) is 0 Å². The molecule has 1 amide bonds. The predicted octanol–water partition coefficient (Wildman–Crippen LogP) is 3.10. The molecular weight excluding hydrogens is 320 g/mol. The lowest BCUT2D eigenvalue weighted by molar-refractivity contribution is -0.143. The lowest BCUT2D eigenvalue weighted by Gasteiger charge is -2.42. The van der Waals surface area contributed by atoms with Crippen LogP contribution in [0.15, 0.2) is 0 Å². The van der Waals surface area contributed by atoms with Gasteiger partial charge >= 0.3 is 12.1 Å². The molecule has 1 saturated carbocycles. The van der Waals surface area contributed by atoms with Crippen LogP contribution in [-0.4, -0.2) is 54.3 Å². The average Bonchev–Trinajstić information content (AvgIpc) is 3.00. The molecule has 0 aromatic carbocycles. The van der Waals surface area contributed by atoms with Crippen molar-refractivity contribution in [1.82, 2.24) is 10.2 Å². The summed E-state index contributed by atoms with van der Waals surface area (Å²) in [6, 6.07) is 0.102. The zero-order valence-electron chi connectivity index (χ0n) is 16.3. The number of carbonyl (C=O) groups excluding carboxylic acids is 2. The van der Waals surface area contributed by atoms with Crippen molar-refractivity contribution in [3.8, 4) is 0 Å². The number of hydrogen-bond acceptors (Lipinski definition) is 5. The Morgan fingerprint density at radius 1 is 1.12 bits per heavy atom. The molecule has 0 radical (unpaired) electrons. The summed E-state index contributed by atoms with van der Waals surface area (Å²) in [5.74, 6) is 0.123. The van der Waals surface area contributed by atoms with Gasteiger partial charge < -0.3 is 19.7 Å². The Balaban J connectivity index is 2.07. The molecule has 25 heavy (non-hydrogen) atoms. The predicted molar refractivity (Wildman–Crippen MR) is 96.3 cm³/mol. The molecule has 1 saturated heterocycles. The van der Waals surface area contributed by atoms with Crippen molar-refractivity contribution in [2.45, 2.75) is 89.9 Å². The molecule has 1 N–H and O–H groups in total. The molecule has 0 spiro atoms. The van der Waals surface area contributed by atoms with E-state index in [1.54, 1.807) is 0 Å². The summed E-state index contributed by atoms with van der Waals surface area (Å²) in [4.78, 5) is 26.3. The van der Waals surface area contributed by atoms with Gasteiger partial charge in [-0.25, -0.2) is 4.79 Å². The van der Waals surface area contributed by atoms with E-state index in [1.807, 2.05) is 32.6 Å². The maximum atomic E-state index is 12.7. The number of nitrogens with zero attached hydrogens (tertiary/aromatic N) is 1. The van der Waals surface area contributed by atoms with Gasteiger partial charge in [0.2, 0.25) is 0 Å². The lowest BCUT2D eigenvalue weighted by Crippen LogP contribution is -2.54. The van der Waals surface area contributed by atoms with Crippen molar-refractivity contribution in [1.29, 1.82) is 0 Å². The second-order valence-electron chi connectivity index (χ2n) is 8.35. The van der Waals surface area contributed by atoms with Crippen molar-refractivity contribution >= 4 is 12.1 Å². The Bertz CT molecular complexity index is 475. The van der Waals surface area contributed by atoms with Gasteiger partial charge in [0.25, 0.3) is 0 Å². The second kappa shape index (κ2) is 8.39. The molecule has 2 aliphatic rings. The Labute approximate surface area is 151 Å². The number of hydrogen-bond donors (Lipinski definition) is 1. The highest BCUT2D eigenvalue weighted by atomic mass is 16.6. The Kier molecular flexibility index (Phi) is 6.72. The van der Waals surface area contributed by atoms with Gasteiger partial charge in [0.05, 0.1) is 7.11 Å². The quantitative estimate of drug-likeness (QED) is 0.786. The zero-order valence-corrected chi connectivity index (χ0v) is 16.3. The first-order chi connectivity index (χ1) is 11.7. The van der Waals surface area contributed by atoms with Crippen LogP contribution < -0.4 is 5.32 Å². The van der Waals surface area contributed by atoms with Crippen molar-refractivity contribution < 1.29 is 19.1 Å². The highest BCUT2D eigenvalue weighted by Gasteiger charge is 2.41. The molecule has 0 aromatic rings. The normalized spacial score (nSPS) is 28.5. The fourth-order valence-corrected chi connectivity index (χ4v) is 4.17. The lowest BCUT2D eigenvalue weighted by atomic mass is 9.86. The van der Waals surface area contributed by atoms with E-state index in [4.69, 9.17) is 9.47 Å². The minimum atomic E-state index is -0.480. The number of carbonyl (C=O) groups is 2. The molecule has 0 aromatic heterocycles. The van der Waals surface area contributed by atoms with E-state index in [2.05, 4.69) is 5.32 Å². The topological polar surface area (TPSA) is 67.9 Å². The van der Waals surface area contributed by atoms with Crippen LogP contribution in [0.2, 0.25) is 0 Å². The third-order valence-electron chi connectivity index (χ3n) is 5.26. The van der Waals surface area contributed by atoms with Gasteiger partial charge in [0.1, 0.15) is 11.6 Å². The number of rotatable bonds is 4. The van der Waals surface area contributed by atoms with Crippen LogP contribution >= 0.6 is 0 Å². The summed E-state index contributed by atoms with van der Waals surface area (Å²) >= 11 is 0. The summed E-state index contributed by atoms with van der Waals surface area (Å²) in [7, 11) is 1.41. The van der Waals surface area contributed by atoms with E-state index in [9.17, 15) is 9.59 Å². The van der Waals surface area contributed by atoms with E-state index in [0.29, 0.717) is 5.92 Å². The van der Waals surface area contributed by atoms with Gasteiger partial charge in [0, 0.05) is 18.6 Å². The van der Waals surface area contributed by atoms with Gasteiger partial charge in [-0.15, -0.1) is 0 Å². The highest BCUT2D eigenvalue weighted by Crippen LogP contribution is 2.36. The summed E-state index contributed by atoms with van der Waals surface area (Å²) in [6.45, 7) is 8.31. The number of likely N-dealkylation sites (tertiary alicyclic amines) is 1. The molecule has 1 aliphatic heterocycles. The van der Waals surface area contributed by atoms with Crippen molar-refractivity contribution in [3.05, 3.63) is 0 Å². The minimum Gasteiger partial charge on any atom is -0.468 e. The fraction of sp³-hybridized carbons (Fsp3) is 0.895. The van der Waals surface area contributed by atoms with Crippen LogP contribution in [-0.2, 0) is 14.3 Å². The Morgan fingerprint density at radius 3 is 2.48 bits per heavy atom. The molecule has 4 atom stereocenters. The Morgan fingerprint density at radius 2 is 1.84 bits per heavy atom. The molecule has 0 bridgehead atoms. The highest BCUT2D eigenvalue weighted by molar-refractivity contribution is 5.75. The zero-order chi connectivity index (χ0) is 18.6. The van der Waals surface area contributed by atoms with Gasteiger partial charge in [-0.05, 0) is 65.7 Å². The van der Waals surface area contributed by atoms with Crippen molar-refractivity contribution in [2.24, 2.45) is 5.92 Å². The average molecular weight is 354 g/mol. The summed E-state index contributed by atoms with van der Waals surface area (Å²) in [5, 5.41) is 3.43. The maximum Gasteiger partial charge on any atom is 0.410 e. The third-order valence-corrected chi connectivity index (χ3v) is 5.26. The fourth-order valence-electron chi connectivity index (χ4n) is 4.17. The smallest absolute Gasteiger partial charge is 0.410 e. The van der Waals surface area contributed by atoms with Gasteiger partial charge in [0.15, 0.2) is 0 Å². The van der Waals surface area contributed by atoms with E-state index in [-0.39, 0.29) is 30.2 Å². The first kappa shape index (κ1) is 20.0. The number of ether oxygens (including phenoxy) is 2. The molecule has 2 rings (SSSR count). The monoisotopic (exact) mass is 354 g/mol. The number of esters is 1. The van der Waals surface area contributed by atoms with Crippen LogP contribution in [0, 0.1) is 5.92 Å². The van der Waals surface area contributed by atoms with E-state index >= 15 is 0 Å². The third kappa shape index (κ3) is 5.33. The van der Waals surface area contributed by atoms with Crippen molar-refractivity contribution in [2.75, 3.05) is 13.7 Å². The first-order valence-electron chi connectivity index (χ1n) is 9.56. The molecule has 1 aliphatic carbocycles. The minimum absolute atomic E-state index is 0.188. The molecule has 3 unspecified atom stereocenters. The number of piperidine rings is 1. The second-order valence-corrected chi connectivity index (χ2v) is 8.35. The van der Waals surface area contributed by atoms with Crippen molar-refractivity contribution in [3.63, 3.8) is 0 Å². The maximum absolute atomic E-state index is 12.7. The van der Waals surface area contributed by atoms with Crippen LogP contribution in [0.3, 0.4) is 0 Å². The molecular formula is C19H34N2O4. The molecule has 6 heteroatoms. The summed E-state index contributed by atoms with van der Waals surface area (Å²) < 4.78 is 10.5. The van der Waals surface area contributed by atoms with Gasteiger partial charge in [-0.1, -0.05) is 6.42 Å². The number of amides is 1. The Hall–Kier alpha value is -1.30. The SMILES string of the molecule is COC(=O)[C@@H](C)NC1CCCC1C1CCCCN1C(=O)OC(C)(C)C. The largest absolute Gasteiger partial charge is 0.468 e. The molecule has 6 nitrogen and oxygen atoms in total. The standard InChI is InChI=1S/C19H34N2O4/c1-13(17(22)24-5)20-15-10-8-9-14(15)16-11-6-7-12-21(16)18(23)25-19(2,3)4/h13-16,20H,6-12H2,1-5H3/t13-,14?,15?,16?/m1/s1. The number of nitrogens with one attached hydrogen (secondary N) is 1. The van der Waals surface area contributed by atoms with Crippen LogP contribution in [0.5, 0.6) is 0 Å². The molecule has 1 heterocycles. The van der Waals surface area contributed by atoms with E-state index < -0.39 is 5.60 Å². The van der Waals surface area contributed by atoms with E-state index in [1.165, 1.54) is 7.11 Å².